The standard InChI is InChI=1S/C15H15FN2OS/c1-3-18(9-10(2)8-17)15(19)14-7-11-12(16)5-4-6-13(11)20-14/h4-7,10H,3,9H2,1-2H3/t10-/m0/s1. The van der Waals surface area contributed by atoms with Crippen molar-refractivity contribution < 1.29 is 9.18 Å². The van der Waals surface area contributed by atoms with Gasteiger partial charge in [0.2, 0.25) is 0 Å². The van der Waals surface area contributed by atoms with Crippen LogP contribution in [0.1, 0.15) is 23.5 Å². The van der Waals surface area contributed by atoms with Crippen molar-refractivity contribution in [3.8, 4) is 6.07 Å². The SMILES string of the molecule is CCN(C[C@@H](C)C#N)C(=O)c1cc2c(F)cccc2s1. The summed E-state index contributed by atoms with van der Waals surface area (Å²) in [5.41, 5.74) is 0. The average molecular weight is 290 g/mol. The zero-order valence-corrected chi connectivity index (χ0v) is 12.2. The Labute approximate surface area is 121 Å². The molecule has 2 rings (SSSR count). The van der Waals surface area contributed by atoms with E-state index in [-0.39, 0.29) is 17.6 Å². The highest BCUT2D eigenvalue weighted by molar-refractivity contribution is 7.20. The number of nitrogens with zero attached hydrogens (tertiary/aromatic N) is 2. The first-order valence-corrected chi connectivity index (χ1v) is 7.25. The summed E-state index contributed by atoms with van der Waals surface area (Å²) in [7, 11) is 0. The van der Waals surface area contributed by atoms with Gasteiger partial charge in [0.15, 0.2) is 0 Å². The molecule has 0 aliphatic rings. The lowest BCUT2D eigenvalue weighted by molar-refractivity contribution is 0.0757. The van der Waals surface area contributed by atoms with Crippen LogP contribution in [0.5, 0.6) is 0 Å². The van der Waals surface area contributed by atoms with E-state index in [4.69, 9.17) is 5.26 Å². The van der Waals surface area contributed by atoms with Crippen molar-refractivity contribution in [1.29, 1.82) is 5.26 Å². The van der Waals surface area contributed by atoms with Gasteiger partial charge < -0.3 is 4.90 Å². The summed E-state index contributed by atoms with van der Waals surface area (Å²) >= 11 is 1.28. The van der Waals surface area contributed by atoms with Gasteiger partial charge in [-0.05, 0) is 32.0 Å². The maximum Gasteiger partial charge on any atom is 0.263 e. The normalized spacial score (nSPS) is 12.1. The van der Waals surface area contributed by atoms with Crippen molar-refractivity contribution in [3.63, 3.8) is 0 Å². The maximum atomic E-state index is 13.6. The van der Waals surface area contributed by atoms with Crippen LogP contribution in [0.4, 0.5) is 4.39 Å². The number of thiophene rings is 1. The number of nitriles is 1. The first kappa shape index (κ1) is 14.5. The lowest BCUT2D eigenvalue weighted by Crippen LogP contribution is -2.33. The van der Waals surface area contributed by atoms with Gasteiger partial charge in [-0.15, -0.1) is 11.3 Å². The van der Waals surface area contributed by atoms with Gasteiger partial charge in [-0.1, -0.05) is 6.07 Å². The highest BCUT2D eigenvalue weighted by Crippen LogP contribution is 2.28. The number of carbonyl (C=O) groups is 1. The minimum absolute atomic E-state index is 0.143. The lowest BCUT2D eigenvalue weighted by atomic mass is 10.2. The van der Waals surface area contributed by atoms with E-state index in [1.54, 1.807) is 30.0 Å². The highest BCUT2D eigenvalue weighted by Gasteiger charge is 2.19. The van der Waals surface area contributed by atoms with Gasteiger partial charge >= 0.3 is 0 Å². The third kappa shape index (κ3) is 2.81. The Hall–Kier alpha value is -1.93. The molecule has 0 saturated heterocycles. The zero-order valence-electron chi connectivity index (χ0n) is 11.4. The Morgan fingerprint density at radius 3 is 2.90 bits per heavy atom. The number of carbonyl (C=O) groups excluding carboxylic acids is 1. The van der Waals surface area contributed by atoms with Crippen molar-refractivity contribution in [1.82, 2.24) is 4.90 Å². The van der Waals surface area contributed by atoms with Crippen LogP contribution in [-0.2, 0) is 0 Å². The minimum atomic E-state index is -0.314. The molecule has 0 radical (unpaired) electrons. The van der Waals surface area contributed by atoms with Crippen LogP contribution in [0.3, 0.4) is 0 Å². The molecule has 0 saturated carbocycles. The van der Waals surface area contributed by atoms with Gasteiger partial charge in [0, 0.05) is 23.2 Å². The molecular formula is C15H15FN2OS. The van der Waals surface area contributed by atoms with Gasteiger partial charge in [-0.25, -0.2) is 4.39 Å². The Morgan fingerprint density at radius 1 is 1.55 bits per heavy atom. The molecule has 1 aromatic heterocycles. The van der Waals surface area contributed by atoms with E-state index in [0.717, 1.165) is 4.70 Å². The van der Waals surface area contributed by atoms with Crippen molar-refractivity contribution in [2.24, 2.45) is 5.92 Å². The molecule has 0 unspecified atom stereocenters. The topological polar surface area (TPSA) is 44.1 Å². The summed E-state index contributed by atoms with van der Waals surface area (Å²) in [6, 6.07) is 8.54. The Morgan fingerprint density at radius 2 is 2.30 bits per heavy atom. The van der Waals surface area contributed by atoms with E-state index < -0.39 is 0 Å². The fourth-order valence-electron chi connectivity index (χ4n) is 2.01. The van der Waals surface area contributed by atoms with Crippen LogP contribution in [0.2, 0.25) is 0 Å². The number of amides is 1. The van der Waals surface area contributed by atoms with Crippen LogP contribution in [0.25, 0.3) is 10.1 Å². The molecule has 0 aliphatic carbocycles. The Bertz CT molecular complexity index is 674. The molecule has 3 nitrogen and oxygen atoms in total. The van der Waals surface area contributed by atoms with E-state index in [1.807, 2.05) is 6.92 Å². The Balaban J connectivity index is 2.30. The number of benzene rings is 1. The maximum absolute atomic E-state index is 13.6. The molecule has 2 aromatic rings. The lowest BCUT2D eigenvalue weighted by Gasteiger charge is -2.21. The molecule has 1 heterocycles. The first-order chi connectivity index (χ1) is 9.56. The molecule has 0 spiro atoms. The molecule has 0 fully saturated rings. The summed E-state index contributed by atoms with van der Waals surface area (Å²) in [5.74, 6) is -0.675. The summed E-state index contributed by atoms with van der Waals surface area (Å²) < 4.78 is 14.4. The van der Waals surface area contributed by atoms with E-state index in [9.17, 15) is 9.18 Å². The minimum Gasteiger partial charge on any atom is -0.337 e. The third-order valence-electron chi connectivity index (χ3n) is 3.10. The van der Waals surface area contributed by atoms with Crippen molar-refractivity contribution in [2.75, 3.05) is 13.1 Å². The smallest absolute Gasteiger partial charge is 0.263 e. The molecule has 0 aliphatic heterocycles. The monoisotopic (exact) mass is 290 g/mol. The second kappa shape index (κ2) is 6.02. The first-order valence-electron chi connectivity index (χ1n) is 6.43. The highest BCUT2D eigenvalue weighted by atomic mass is 32.1. The van der Waals surface area contributed by atoms with Gasteiger partial charge in [-0.2, -0.15) is 5.26 Å². The van der Waals surface area contributed by atoms with Crippen LogP contribution >= 0.6 is 11.3 Å². The van der Waals surface area contributed by atoms with Gasteiger partial charge in [0.05, 0.1) is 16.9 Å². The van der Waals surface area contributed by atoms with E-state index in [2.05, 4.69) is 6.07 Å². The van der Waals surface area contributed by atoms with E-state index in [1.165, 1.54) is 17.4 Å². The molecule has 0 N–H and O–H groups in total. The molecular weight excluding hydrogens is 275 g/mol. The van der Waals surface area contributed by atoms with Gasteiger partial charge in [0.1, 0.15) is 5.82 Å². The molecule has 104 valence electrons. The van der Waals surface area contributed by atoms with Crippen molar-refractivity contribution in [2.45, 2.75) is 13.8 Å². The number of halogens is 1. The third-order valence-corrected chi connectivity index (χ3v) is 4.19. The predicted octanol–water partition coefficient (Wildman–Crippen LogP) is 3.66. The molecule has 5 heteroatoms. The molecule has 20 heavy (non-hydrogen) atoms. The number of fused-ring (bicyclic) bond motifs is 1. The predicted molar refractivity (Wildman–Crippen MR) is 78.1 cm³/mol. The van der Waals surface area contributed by atoms with Crippen LogP contribution in [0.15, 0.2) is 24.3 Å². The van der Waals surface area contributed by atoms with Crippen molar-refractivity contribution >= 4 is 27.3 Å². The number of rotatable bonds is 4. The quantitative estimate of drug-likeness (QED) is 0.862. The van der Waals surface area contributed by atoms with E-state index in [0.29, 0.717) is 23.4 Å². The van der Waals surface area contributed by atoms with Crippen LogP contribution < -0.4 is 0 Å². The van der Waals surface area contributed by atoms with Gasteiger partial charge in [-0.3, -0.25) is 4.79 Å². The largest absolute Gasteiger partial charge is 0.337 e. The molecule has 1 aromatic carbocycles. The molecule has 1 amide bonds. The summed E-state index contributed by atoms with van der Waals surface area (Å²) in [4.78, 5) is 14.5. The molecule has 0 bridgehead atoms. The van der Waals surface area contributed by atoms with Gasteiger partial charge in [0.25, 0.3) is 5.91 Å². The molecule has 1 atom stereocenters. The van der Waals surface area contributed by atoms with E-state index >= 15 is 0 Å². The summed E-state index contributed by atoms with van der Waals surface area (Å²) in [6.07, 6.45) is 0. The second-order valence-corrected chi connectivity index (χ2v) is 5.72. The zero-order chi connectivity index (χ0) is 14.7. The summed E-state index contributed by atoms with van der Waals surface area (Å²) in [5, 5.41) is 9.32. The fraction of sp³-hybridized carbons (Fsp3) is 0.333. The summed E-state index contributed by atoms with van der Waals surface area (Å²) in [6.45, 7) is 4.57. The fourth-order valence-corrected chi connectivity index (χ4v) is 3.06. The van der Waals surface area contributed by atoms with Crippen LogP contribution in [0, 0.1) is 23.1 Å². The second-order valence-electron chi connectivity index (χ2n) is 4.64. The van der Waals surface area contributed by atoms with Crippen LogP contribution in [-0.4, -0.2) is 23.9 Å². The number of hydrogen-bond acceptors (Lipinski definition) is 3. The Kier molecular flexibility index (Phi) is 4.35. The van der Waals surface area contributed by atoms with Crippen molar-refractivity contribution in [3.05, 3.63) is 35.0 Å². The number of hydrogen-bond donors (Lipinski definition) is 0. The average Bonchev–Trinajstić information content (AvgIpc) is 2.89.